The van der Waals surface area contributed by atoms with Crippen molar-refractivity contribution in [3.05, 3.63) is 57.8 Å². The number of benzene rings is 1. The van der Waals surface area contributed by atoms with Gasteiger partial charge in [0.15, 0.2) is 5.84 Å². The van der Waals surface area contributed by atoms with Gasteiger partial charge in [-0.2, -0.15) is 0 Å². The van der Waals surface area contributed by atoms with E-state index in [1.165, 1.54) is 16.9 Å². The zero-order valence-electron chi connectivity index (χ0n) is 16.8. The fourth-order valence-electron chi connectivity index (χ4n) is 3.51. The molecule has 3 atom stereocenters. The molecule has 2 aromatic rings. The lowest BCUT2D eigenvalue weighted by Crippen LogP contribution is -2.53. The molecule has 0 aliphatic carbocycles. The Morgan fingerprint density at radius 2 is 2.07 bits per heavy atom. The molecule has 8 nitrogen and oxygen atoms in total. The summed E-state index contributed by atoms with van der Waals surface area (Å²) in [5.74, 6) is -0.0663. The molecular formula is C21H27N5O3S. The summed E-state index contributed by atoms with van der Waals surface area (Å²) in [6.45, 7) is 2.74. The van der Waals surface area contributed by atoms with Crippen LogP contribution in [0.25, 0.3) is 0 Å². The number of hydrogen-bond donors (Lipinski definition) is 5. The molecule has 30 heavy (non-hydrogen) atoms. The number of amides is 2. The van der Waals surface area contributed by atoms with Crippen molar-refractivity contribution in [1.82, 2.24) is 16.0 Å². The number of carbonyl (C=O) groups is 2. The Morgan fingerprint density at radius 3 is 2.80 bits per heavy atom. The predicted molar refractivity (Wildman–Crippen MR) is 116 cm³/mol. The third-order valence-electron chi connectivity index (χ3n) is 5.20. The first-order valence-electron chi connectivity index (χ1n) is 9.91. The van der Waals surface area contributed by atoms with Crippen LogP contribution in [0.15, 0.2) is 47.6 Å². The van der Waals surface area contributed by atoms with Gasteiger partial charge in [0, 0.05) is 4.88 Å². The summed E-state index contributed by atoms with van der Waals surface area (Å²) in [6, 6.07) is 12.8. The van der Waals surface area contributed by atoms with Crippen LogP contribution < -0.4 is 21.7 Å². The van der Waals surface area contributed by atoms with Crippen LogP contribution >= 0.6 is 11.3 Å². The molecule has 2 amide bonds. The van der Waals surface area contributed by atoms with Crippen molar-refractivity contribution in [2.24, 2.45) is 10.9 Å². The maximum Gasteiger partial charge on any atom is 0.242 e. The van der Waals surface area contributed by atoms with E-state index < -0.39 is 6.04 Å². The number of oxime groups is 1. The van der Waals surface area contributed by atoms with Crippen molar-refractivity contribution in [1.29, 1.82) is 0 Å². The van der Waals surface area contributed by atoms with E-state index in [1.54, 1.807) is 19.1 Å². The fraction of sp³-hybridized carbons (Fsp3) is 0.381. The molecule has 0 saturated carbocycles. The van der Waals surface area contributed by atoms with Gasteiger partial charge in [0.05, 0.1) is 17.5 Å². The molecule has 1 aliphatic heterocycles. The topological polar surface area (TPSA) is 129 Å². The second-order valence-electron chi connectivity index (χ2n) is 7.34. The summed E-state index contributed by atoms with van der Waals surface area (Å²) < 4.78 is 0. The van der Waals surface area contributed by atoms with Crippen molar-refractivity contribution in [2.75, 3.05) is 6.54 Å². The number of carbonyl (C=O) groups excluding carboxylic acids is 2. The molecule has 1 saturated heterocycles. The minimum atomic E-state index is -0.653. The van der Waals surface area contributed by atoms with Gasteiger partial charge < -0.3 is 26.9 Å². The second-order valence-corrected chi connectivity index (χ2v) is 8.51. The van der Waals surface area contributed by atoms with Crippen molar-refractivity contribution in [3.8, 4) is 0 Å². The number of thiophene rings is 1. The molecule has 3 rings (SSSR count). The molecule has 2 heterocycles. The molecule has 1 fully saturated rings. The van der Waals surface area contributed by atoms with Crippen molar-refractivity contribution in [2.45, 2.75) is 44.3 Å². The average molecular weight is 430 g/mol. The maximum absolute atomic E-state index is 12.7. The lowest BCUT2D eigenvalue weighted by Gasteiger charge is -2.30. The first-order valence-corrected chi connectivity index (χ1v) is 10.7. The van der Waals surface area contributed by atoms with Crippen LogP contribution in [-0.4, -0.2) is 41.5 Å². The van der Waals surface area contributed by atoms with E-state index in [1.807, 2.05) is 18.2 Å². The molecule has 3 unspecified atom stereocenters. The summed E-state index contributed by atoms with van der Waals surface area (Å²) in [7, 11) is 0. The van der Waals surface area contributed by atoms with Gasteiger partial charge >= 0.3 is 0 Å². The van der Waals surface area contributed by atoms with Crippen LogP contribution in [0.2, 0.25) is 0 Å². The van der Waals surface area contributed by atoms with Crippen LogP contribution in [0.4, 0.5) is 0 Å². The normalized spacial score (nSPS) is 20.4. The summed E-state index contributed by atoms with van der Waals surface area (Å²) in [5.41, 5.74) is 6.79. The van der Waals surface area contributed by atoms with Gasteiger partial charge in [-0.25, -0.2) is 0 Å². The Hall–Kier alpha value is -2.91. The second kappa shape index (κ2) is 10.2. The molecule has 160 valence electrons. The van der Waals surface area contributed by atoms with E-state index in [2.05, 4.69) is 33.2 Å². The molecule has 9 heteroatoms. The number of amidine groups is 1. The van der Waals surface area contributed by atoms with Gasteiger partial charge in [-0.3, -0.25) is 9.59 Å². The smallest absolute Gasteiger partial charge is 0.242 e. The van der Waals surface area contributed by atoms with Crippen molar-refractivity contribution in [3.63, 3.8) is 0 Å². The van der Waals surface area contributed by atoms with Gasteiger partial charge in [0.1, 0.15) is 6.04 Å². The lowest BCUT2D eigenvalue weighted by atomic mass is 9.86. The van der Waals surface area contributed by atoms with Crippen molar-refractivity contribution >= 4 is 29.0 Å². The predicted octanol–water partition coefficient (Wildman–Crippen LogP) is 1.50. The largest absolute Gasteiger partial charge is 0.409 e. The van der Waals surface area contributed by atoms with Gasteiger partial charge in [0.2, 0.25) is 11.8 Å². The van der Waals surface area contributed by atoms with E-state index in [0.717, 1.165) is 17.8 Å². The highest BCUT2D eigenvalue weighted by Gasteiger charge is 2.29. The van der Waals surface area contributed by atoms with Gasteiger partial charge in [-0.05, 0) is 49.9 Å². The quantitative estimate of drug-likeness (QED) is 0.197. The lowest BCUT2D eigenvalue weighted by molar-refractivity contribution is -0.130. The molecule has 0 bridgehead atoms. The van der Waals surface area contributed by atoms with Crippen LogP contribution in [0.5, 0.6) is 0 Å². The molecule has 1 aromatic heterocycles. The number of hydrogen-bond acceptors (Lipinski definition) is 6. The number of rotatable bonds is 7. The van der Waals surface area contributed by atoms with E-state index in [4.69, 9.17) is 10.9 Å². The highest BCUT2D eigenvalue weighted by molar-refractivity contribution is 7.14. The minimum Gasteiger partial charge on any atom is -0.409 e. The first kappa shape index (κ1) is 21.8. The van der Waals surface area contributed by atoms with Crippen LogP contribution in [0, 0.1) is 0 Å². The SMILES string of the molecule is CC(NC(=O)C1CC(c2ccccc2)CCN1)C(=O)NCc1ccc(/C(N)=N/O)s1. The van der Waals surface area contributed by atoms with E-state index in [-0.39, 0.29) is 23.7 Å². The number of nitrogens with one attached hydrogen (secondary N) is 3. The first-order chi connectivity index (χ1) is 14.5. The van der Waals surface area contributed by atoms with E-state index in [9.17, 15) is 9.59 Å². The molecule has 0 spiro atoms. The zero-order valence-corrected chi connectivity index (χ0v) is 17.6. The van der Waals surface area contributed by atoms with E-state index >= 15 is 0 Å². The average Bonchev–Trinajstić information content (AvgIpc) is 3.26. The number of piperidine rings is 1. The van der Waals surface area contributed by atoms with E-state index in [0.29, 0.717) is 23.8 Å². The highest BCUT2D eigenvalue weighted by atomic mass is 32.1. The van der Waals surface area contributed by atoms with Crippen LogP contribution in [-0.2, 0) is 16.1 Å². The fourth-order valence-corrected chi connectivity index (χ4v) is 4.36. The molecule has 6 N–H and O–H groups in total. The Bertz CT molecular complexity index is 899. The standard InChI is InChI=1S/C21H27N5O3S/c1-13(20(27)24-12-16-7-8-18(30-16)19(22)26-29)25-21(28)17-11-15(9-10-23-17)14-5-3-2-4-6-14/h2-8,13,15,17,23,29H,9-12H2,1H3,(H2,22,26)(H,24,27)(H,25,28). The summed E-state index contributed by atoms with van der Waals surface area (Å²) in [4.78, 5) is 26.5. The maximum atomic E-state index is 12.7. The number of nitrogens with two attached hydrogens (primary N) is 1. The zero-order chi connectivity index (χ0) is 21.5. The summed E-state index contributed by atoms with van der Waals surface area (Å²) in [6.07, 6.45) is 1.69. The monoisotopic (exact) mass is 429 g/mol. The molecule has 1 aliphatic rings. The van der Waals surface area contributed by atoms with Crippen LogP contribution in [0.1, 0.15) is 41.0 Å². The Labute approximate surface area is 179 Å². The Balaban J connectivity index is 1.48. The molecule has 1 aromatic carbocycles. The van der Waals surface area contributed by atoms with Gasteiger partial charge in [0.25, 0.3) is 0 Å². The molecular weight excluding hydrogens is 402 g/mol. The third kappa shape index (κ3) is 5.58. The minimum absolute atomic E-state index is 0.0343. The van der Waals surface area contributed by atoms with Gasteiger partial charge in [-0.1, -0.05) is 35.5 Å². The van der Waals surface area contributed by atoms with Crippen LogP contribution in [0.3, 0.4) is 0 Å². The third-order valence-corrected chi connectivity index (χ3v) is 6.31. The highest BCUT2D eigenvalue weighted by Crippen LogP contribution is 2.27. The van der Waals surface area contributed by atoms with Crippen molar-refractivity contribution < 1.29 is 14.8 Å². The summed E-state index contributed by atoms with van der Waals surface area (Å²) >= 11 is 1.33. The van der Waals surface area contributed by atoms with Gasteiger partial charge in [-0.15, -0.1) is 11.3 Å². The number of nitrogens with zero attached hydrogens (tertiary/aromatic N) is 1. The Morgan fingerprint density at radius 1 is 1.30 bits per heavy atom. The molecule has 0 radical (unpaired) electrons. The summed E-state index contributed by atoms with van der Waals surface area (Å²) in [5, 5.41) is 20.5. The Kier molecular flexibility index (Phi) is 7.42.